The van der Waals surface area contributed by atoms with Gasteiger partial charge in [0.15, 0.2) is 0 Å². The summed E-state index contributed by atoms with van der Waals surface area (Å²) in [6.45, 7) is 4.44. The van der Waals surface area contributed by atoms with Crippen LogP contribution in [-0.2, 0) is 12.8 Å². The molecule has 0 radical (unpaired) electrons. The second kappa shape index (κ2) is 8.03. The summed E-state index contributed by atoms with van der Waals surface area (Å²) < 4.78 is 7.52. The van der Waals surface area contributed by atoms with Crippen LogP contribution in [0.15, 0.2) is 35.1 Å². The van der Waals surface area contributed by atoms with Gasteiger partial charge in [-0.3, -0.25) is 4.68 Å². The summed E-state index contributed by atoms with van der Waals surface area (Å²) >= 11 is 0. The Hall–Kier alpha value is -1.55. The molecule has 0 saturated carbocycles. The summed E-state index contributed by atoms with van der Waals surface area (Å²) in [5.41, 5.74) is 1.17. The number of aromatic nitrogens is 2. The van der Waals surface area contributed by atoms with Crippen LogP contribution in [0.1, 0.15) is 50.6 Å². The zero-order valence-electron chi connectivity index (χ0n) is 13.4. The van der Waals surface area contributed by atoms with Gasteiger partial charge in [0.25, 0.3) is 0 Å². The summed E-state index contributed by atoms with van der Waals surface area (Å²) in [6.07, 6.45) is 9.10. The topological polar surface area (TPSA) is 43.0 Å². The molecule has 1 atom stereocenters. The van der Waals surface area contributed by atoms with Gasteiger partial charge in [0.2, 0.25) is 0 Å². The smallest absolute Gasteiger partial charge is 0.103 e. The Bertz CT molecular complexity index is 500. The highest BCUT2D eigenvalue weighted by atomic mass is 16.3. The van der Waals surface area contributed by atoms with Crippen molar-refractivity contribution in [1.29, 1.82) is 0 Å². The second-order valence-electron chi connectivity index (χ2n) is 5.57. The summed E-state index contributed by atoms with van der Waals surface area (Å²) in [5, 5.41) is 8.13. The maximum Gasteiger partial charge on any atom is 0.103 e. The van der Waals surface area contributed by atoms with Crippen LogP contribution >= 0.6 is 0 Å². The van der Waals surface area contributed by atoms with E-state index in [1.54, 1.807) is 6.26 Å². The van der Waals surface area contributed by atoms with Crippen LogP contribution < -0.4 is 5.32 Å². The number of hydrogen-bond acceptors (Lipinski definition) is 3. The summed E-state index contributed by atoms with van der Waals surface area (Å²) in [5.74, 6) is 1.05. The molecule has 2 aromatic rings. The summed E-state index contributed by atoms with van der Waals surface area (Å²) in [6, 6.07) is 7.08. The van der Waals surface area contributed by atoms with Crippen molar-refractivity contribution >= 4 is 0 Å². The molecule has 21 heavy (non-hydrogen) atoms. The lowest BCUT2D eigenvalue weighted by Crippen LogP contribution is -2.28. The molecule has 0 aromatic carbocycles. The fourth-order valence-corrected chi connectivity index (χ4v) is 2.72. The maximum absolute atomic E-state index is 5.40. The van der Waals surface area contributed by atoms with Crippen LogP contribution in [-0.4, -0.2) is 22.9 Å². The molecule has 0 spiro atoms. The highest BCUT2D eigenvalue weighted by Crippen LogP contribution is 2.16. The Morgan fingerprint density at radius 2 is 2.10 bits per heavy atom. The second-order valence-corrected chi connectivity index (χ2v) is 5.57. The van der Waals surface area contributed by atoms with E-state index in [1.807, 2.05) is 19.2 Å². The van der Waals surface area contributed by atoms with Gasteiger partial charge < -0.3 is 9.73 Å². The Morgan fingerprint density at radius 1 is 1.29 bits per heavy atom. The fraction of sp³-hybridized carbons (Fsp3) is 0.588. The minimum absolute atomic E-state index is 0.431. The van der Waals surface area contributed by atoms with Crippen molar-refractivity contribution in [3.8, 4) is 0 Å². The zero-order valence-corrected chi connectivity index (χ0v) is 13.4. The molecule has 0 fully saturated rings. The van der Waals surface area contributed by atoms with E-state index >= 15 is 0 Å². The third kappa shape index (κ3) is 4.46. The Balaban J connectivity index is 1.89. The average molecular weight is 289 g/mol. The molecule has 4 heteroatoms. The quantitative estimate of drug-likeness (QED) is 0.767. The average Bonchev–Trinajstić information content (AvgIpc) is 3.16. The van der Waals surface area contributed by atoms with Gasteiger partial charge in [0.05, 0.1) is 18.0 Å². The number of hydrogen-bond donors (Lipinski definition) is 1. The van der Waals surface area contributed by atoms with E-state index in [0.29, 0.717) is 12.1 Å². The molecule has 2 heterocycles. The van der Waals surface area contributed by atoms with Crippen molar-refractivity contribution in [2.45, 2.75) is 58.0 Å². The zero-order chi connectivity index (χ0) is 15.1. The minimum Gasteiger partial charge on any atom is -0.469 e. The van der Waals surface area contributed by atoms with Crippen LogP contribution in [0.4, 0.5) is 0 Å². The van der Waals surface area contributed by atoms with Crippen LogP contribution in [0.5, 0.6) is 0 Å². The molecule has 0 bridgehead atoms. The first-order chi connectivity index (χ1) is 10.3. The van der Waals surface area contributed by atoms with Crippen molar-refractivity contribution in [3.63, 3.8) is 0 Å². The monoisotopic (exact) mass is 289 g/mol. The molecular formula is C17H27N3O. The van der Waals surface area contributed by atoms with Crippen molar-refractivity contribution in [3.05, 3.63) is 42.1 Å². The predicted molar refractivity (Wildman–Crippen MR) is 85.4 cm³/mol. The van der Waals surface area contributed by atoms with Crippen LogP contribution in [0.25, 0.3) is 0 Å². The van der Waals surface area contributed by atoms with E-state index in [-0.39, 0.29) is 0 Å². The molecule has 2 rings (SSSR count). The van der Waals surface area contributed by atoms with Crippen molar-refractivity contribution in [1.82, 2.24) is 15.1 Å². The van der Waals surface area contributed by atoms with Gasteiger partial charge in [-0.15, -0.1) is 0 Å². The predicted octanol–water partition coefficient (Wildman–Crippen LogP) is 3.60. The molecule has 2 aromatic heterocycles. The van der Waals surface area contributed by atoms with Crippen LogP contribution in [0.2, 0.25) is 0 Å². The lowest BCUT2D eigenvalue weighted by atomic mass is 10.1. The fourth-order valence-electron chi connectivity index (χ4n) is 2.72. The van der Waals surface area contributed by atoms with Gasteiger partial charge in [0.1, 0.15) is 5.76 Å². The van der Waals surface area contributed by atoms with Crippen LogP contribution in [0.3, 0.4) is 0 Å². The summed E-state index contributed by atoms with van der Waals surface area (Å²) in [7, 11) is 2.02. The van der Waals surface area contributed by atoms with E-state index < -0.39 is 0 Å². The first kappa shape index (κ1) is 15.8. The van der Waals surface area contributed by atoms with Gasteiger partial charge in [-0.05, 0) is 44.5 Å². The molecule has 0 aliphatic rings. The Labute approximate surface area is 127 Å². The van der Waals surface area contributed by atoms with E-state index in [0.717, 1.165) is 37.9 Å². The SMILES string of the molecule is CCC(CC)n1ccc(CC(CCc2ccco2)NC)n1. The van der Waals surface area contributed by atoms with Crippen molar-refractivity contribution < 1.29 is 4.42 Å². The van der Waals surface area contributed by atoms with E-state index in [9.17, 15) is 0 Å². The molecule has 0 saturated heterocycles. The number of nitrogens with one attached hydrogen (secondary N) is 1. The molecular weight excluding hydrogens is 262 g/mol. The minimum atomic E-state index is 0.431. The molecule has 1 N–H and O–H groups in total. The maximum atomic E-state index is 5.40. The third-order valence-corrected chi connectivity index (χ3v) is 4.16. The standard InChI is InChI=1S/C17H27N3O/c1-4-16(5-2)20-11-10-15(19-20)13-14(18-3)8-9-17-7-6-12-21-17/h6-7,10-12,14,16,18H,4-5,8-9,13H2,1-3H3. The van der Waals surface area contributed by atoms with Crippen molar-refractivity contribution in [2.24, 2.45) is 0 Å². The Morgan fingerprint density at radius 3 is 2.71 bits per heavy atom. The van der Waals surface area contributed by atoms with Gasteiger partial charge in [-0.25, -0.2) is 0 Å². The van der Waals surface area contributed by atoms with Crippen LogP contribution in [0, 0.1) is 0 Å². The van der Waals surface area contributed by atoms with E-state index in [2.05, 4.69) is 36.1 Å². The molecule has 0 aliphatic carbocycles. The Kier molecular flexibility index (Phi) is 6.05. The molecule has 0 amide bonds. The van der Waals surface area contributed by atoms with Gasteiger partial charge >= 0.3 is 0 Å². The molecule has 0 aliphatic heterocycles. The molecule has 1 unspecified atom stereocenters. The molecule has 4 nitrogen and oxygen atoms in total. The lowest BCUT2D eigenvalue weighted by molar-refractivity contribution is 0.419. The number of rotatable bonds is 9. The number of nitrogens with zero attached hydrogens (tertiary/aromatic N) is 2. The third-order valence-electron chi connectivity index (χ3n) is 4.16. The first-order valence-electron chi connectivity index (χ1n) is 8.00. The number of furan rings is 1. The van der Waals surface area contributed by atoms with Gasteiger partial charge in [-0.1, -0.05) is 13.8 Å². The normalized spacial score (nSPS) is 13.0. The highest BCUT2D eigenvalue weighted by molar-refractivity contribution is 5.04. The van der Waals surface area contributed by atoms with Gasteiger partial charge in [0, 0.05) is 25.1 Å². The largest absolute Gasteiger partial charge is 0.469 e. The summed E-state index contributed by atoms with van der Waals surface area (Å²) in [4.78, 5) is 0. The lowest BCUT2D eigenvalue weighted by Gasteiger charge is -2.15. The number of likely N-dealkylation sites (N-methyl/N-ethyl adjacent to an activating group) is 1. The van der Waals surface area contributed by atoms with E-state index in [1.165, 1.54) is 5.69 Å². The molecule has 116 valence electrons. The van der Waals surface area contributed by atoms with Gasteiger partial charge in [-0.2, -0.15) is 5.10 Å². The highest BCUT2D eigenvalue weighted by Gasteiger charge is 2.12. The van der Waals surface area contributed by atoms with E-state index in [4.69, 9.17) is 9.52 Å². The van der Waals surface area contributed by atoms with Crippen molar-refractivity contribution in [2.75, 3.05) is 7.05 Å². The first-order valence-corrected chi connectivity index (χ1v) is 8.00. The number of aryl methyl sites for hydroxylation is 1.